The van der Waals surface area contributed by atoms with Gasteiger partial charge in [0, 0.05) is 0 Å². The maximum absolute atomic E-state index is 5.41. The van der Waals surface area contributed by atoms with Crippen molar-refractivity contribution < 1.29 is 4.74 Å². The van der Waals surface area contributed by atoms with E-state index in [1.807, 2.05) is 18.2 Å². The summed E-state index contributed by atoms with van der Waals surface area (Å²) in [6.07, 6.45) is 0. The van der Waals surface area contributed by atoms with Crippen molar-refractivity contribution in [3.05, 3.63) is 29.8 Å². The smallest absolute Gasteiger partial charge is 0.143 e. The predicted molar refractivity (Wildman–Crippen MR) is 55.0 cm³/mol. The molecule has 1 aromatic rings. The summed E-state index contributed by atoms with van der Waals surface area (Å²) in [5.41, 5.74) is 1.81. The molecule has 1 rings (SSSR count). The van der Waals surface area contributed by atoms with Gasteiger partial charge in [0.25, 0.3) is 0 Å². The monoisotopic (exact) mass is 228 g/mol. The lowest BCUT2D eigenvalue weighted by atomic mass is 10.0. The molecule has 1 nitrogen and oxygen atoms in total. The van der Waals surface area contributed by atoms with E-state index < -0.39 is 0 Å². The second-order valence-electron chi connectivity index (χ2n) is 2.95. The Labute approximate surface area is 81.9 Å². The van der Waals surface area contributed by atoms with Crippen molar-refractivity contribution in [3.8, 4) is 5.75 Å². The van der Waals surface area contributed by atoms with Gasteiger partial charge in [-0.3, -0.25) is 0 Å². The molecule has 0 fully saturated rings. The highest BCUT2D eigenvalue weighted by molar-refractivity contribution is 9.09. The van der Waals surface area contributed by atoms with Gasteiger partial charge in [-0.25, -0.2) is 0 Å². The van der Waals surface area contributed by atoms with Crippen LogP contribution in [0.4, 0.5) is 0 Å². The first-order valence-corrected chi connectivity index (χ1v) is 5.15. The topological polar surface area (TPSA) is 9.23 Å². The third-order valence-electron chi connectivity index (χ3n) is 1.75. The van der Waals surface area contributed by atoms with E-state index in [9.17, 15) is 0 Å². The van der Waals surface area contributed by atoms with Gasteiger partial charge >= 0.3 is 0 Å². The number of hydrogen-bond acceptors (Lipinski definition) is 1. The molecular formula is C10H13BrO. The maximum atomic E-state index is 5.41. The zero-order valence-electron chi connectivity index (χ0n) is 7.38. The fourth-order valence-electron chi connectivity index (χ4n) is 1.15. The number of alkyl halides is 1. The van der Waals surface area contributed by atoms with E-state index in [1.54, 1.807) is 0 Å². The molecule has 66 valence electrons. The van der Waals surface area contributed by atoms with Crippen LogP contribution in [0.2, 0.25) is 0 Å². The second kappa shape index (κ2) is 4.51. The fourth-order valence-corrected chi connectivity index (χ4v) is 1.39. The lowest BCUT2D eigenvalue weighted by Crippen LogP contribution is -1.95. The Hall–Kier alpha value is -0.500. The van der Waals surface area contributed by atoms with Crippen LogP contribution in [-0.2, 0) is 0 Å². The quantitative estimate of drug-likeness (QED) is 0.720. The minimum atomic E-state index is 0.514. The second-order valence-corrected chi connectivity index (χ2v) is 3.40. The number of benzene rings is 1. The first kappa shape index (κ1) is 9.59. The van der Waals surface area contributed by atoms with Crippen molar-refractivity contribution in [1.29, 1.82) is 0 Å². The molecule has 0 aromatic heterocycles. The van der Waals surface area contributed by atoms with E-state index in [-0.39, 0.29) is 0 Å². The number of rotatable bonds is 3. The minimum Gasteiger partial charge on any atom is -0.482 e. The lowest BCUT2D eigenvalue weighted by molar-refractivity contribution is 0.391. The van der Waals surface area contributed by atoms with Crippen LogP contribution in [0.5, 0.6) is 5.75 Å². The molecule has 0 spiro atoms. The summed E-state index contributed by atoms with van der Waals surface area (Å²) in [7, 11) is 0. The van der Waals surface area contributed by atoms with E-state index in [0.29, 0.717) is 11.4 Å². The van der Waals surface area contributed by atoms with Crippen molar-refractivity contribution in [1.82, 2.24) is 0 Å². The Balaban J connectivity index is 2.92. The number of ether oxygens (including phenoxy) is 1. The van der Waals surface area contributed by atoms with Gasteiger partial charge in [0.05, 0.1) is 0 Å². The molecule has 0 aliphatic heterocycles. The average Bonchev–Trinajstić information content (AvgIpc) is 2.05. The molecule has 0 saturated carbocycles. The molecule has 0 radical (unpaired) electrons. The SMILES string of the molecule is CC(C)c1ccccc1OCBr. The van der Waals surface area contributed by atoms with Gasteiger partial charge < -0.3 is 4.74 Å². The van der Waals surface area contributed by atoms with E-state index in [4.69, 9.17) is 4.74 Å². The number of para-hydroxylation sites is 1. The molecule has 0 bridgehead atoms. The van der Waals surface area contributed by atoms with Gasteiger partial charge in [0.2, 0.25) is 0 Å². The summed E-state index contributed by atoms with van der Waals surface area (Å²) in [5.74, 6) is 1.49. The first-order valence-electron chi connectivity index (χ1n) is 4.03. The highest BCUT2D eigenvalue weighted by Gasteiger charge is 2.05. The lowest BCUT2D eigenvalue weighted by Gasteiger charge is -2.11. The Morgan fingerprint density at radius 1 is 1.33 bits per heavy atom. The highest BCUT2D eigenvalue weighted by Crippen LogP contribution is 2.25. The Morgan fingerprint density at radius 2 is 2.00 bits per heavy atom. The van der Waals surface area contributed by atoms with Gasteiger partial charge in [-0.15, -0.1) is 0 Å². The van der Waals surface area contributed by atoms with Crippen LogP contribution in [0.1, 0.15) is 25.3 Å². The van der Waals surface area contributed by atoms with E-state index in [1.165, 1.54) is 5.56 Å². The Kier molecular flexibility index (Phi) is 3.60. The van der Waals surface area contributed by atoms with Gasteiger partial charge in [-0.1, -0.05) is 32.0 Å². The van der Waals surface area contributed by atoms with Crippen LogP contribution in [-0.4, -0.2) is 5.52 Å². The molecule has 2 heteroatoms. The molecule has 0 aliphatic carbocycles. The zero-order chi connectivity index (χ0) is 8.97. The zero-order valence-corrected chi connectivity index (χ0v) is 8.97. The van der Waals surface area contributed by atoms with Crippen LogP contribution in [0.15, 0.2) is 24.3 Å². The molecular weight excluding hydrogens is 216 g/mol. The van der Waals surface area contributed by atoms with E-state index in [2.05, 4.69) is 35.8 Å². The highest BCUT2D eigenvalue weighted by atomic mass is 79.9. The standard InChI is InChI=1S/C10H13BrO/c1-8(2)9-5-3-4-6-10(9)12-7-11/h3-6,8H,7H2,1-2H3. The summed E-state index contributed by atoms with van der Waals surface area (Å²) in [4.78, 5) is 0. The molecule has 0 atom stereocenters. The van der Waals surface area contributed by atoms with Gasteiger partial charge in [-0.05, 0) is 33.5 Å². The third-order valence-corrected chi connectivity index (χ3v) is 1.98. The van der Waals surface area contributed by atoms with Crippen molar-refractivity contribution in [2.75, 3.05) is 5.52 Å². The average molecular weight is 229 g/mol. The van der Waals surface area contributed by atoms with Crippen LogP contribution in [0.3, 0.4) is 0 Å². The summed E-state index contributed by atoms with van der Waals surface area (Å²) < 4.78 is 5.41. The Bertz CT molecular complexity index is 245. The number of halogens is 1. The van der Waals surface area contributed by atoms with Crippen molar-refractivity contribution in [3.63, 3.8) is 0 Å². The molecule has 0 saturated heterocycles. The van der Waals surface area contributed by atoms with Crippen LogP contribution < -0.4 is 4.74 Å². The van der Waals surface area contributed by atoms with Crippen molar-refractivity contribution >= 4 is 15.9 Å². The number of hydrogen-bond donors (Lipinski definition) is 0. The molecule has 12 heavy (non-hydrogen) atoms. The molecule has 0 unspecified atom stereocenters. The summed E-state index contributed by atoms with van der Waals surface area (Å²) in [5, 5.41) is 0. The van der Waals surface area contributed by atoms with Gasteiger partial charge in [-0.2, -0.15) is 0 Å². The van der Waals surface area contributed by atoms with E-state index >= 15 is 0 Å². The van der Waals surface area contributed by atoms with Gasteiger partial charge in [0.1, 0.15) is 11.3 Å². The van der Waals surface area contributed by atoms with Crippen LogP contribution in [0, 0.1) is 0 Å². The normalized spacial score (nSPS) is 10.3. The molecule has 1 aromatic carbocycles. The van der Waals surface area contributed by atoms with Crippen molar-refractivity contribution in [2.45, 2.75) is 19.8 Å². The summed E-state index contributed by atoms with van der Waals surface area (Å²) in [6, 6.07) is 8.12. The molecule has 0 aliphatic rings. The first-order chi connectivity index (χ1) is 5.75. The van der Waals surface area contributed by atoms with E-state index in [0.717, 1.165) is 5.75 Å². The summed E-state index contributed by atoms with van der Waals surface area (Å²) >= 11 is 3.25. The minimum absolute atomic E-state index is 0.514. The predicted octanol–water partition coefficient (Wildman–Crippen LogP) is 3.54. The van der Waals surface area contributed by atoms with Crippen LogP contribution in [0.25, 0.3) is 0 Å². The van der Waals surface area contributed by atoms with Gasteiger partial charge in [0.15, 0.2) is 0 Å². The Morgan fingerprint density at radius 3 is 2.58 bits per heavy atom. The van der Waals surface area contributed by atoms with Crippen LogP contribution >= 0.6 is 15.9 Å². The fraction of sp³-hybridized carbons (Fsp3) is 0.400. The third kappa shape index (κ3) is 2.24. The maximum Gasteiger partial charge on any atom is 0.143 e. The summed E-state index contributed by atoms with van der Waals surface area (Å²) in [6.45, 7) is 4.33. The largest absolute Gasteiger partial charge is 0.482 e. The molecule has 0 N–H and O–H groups in total. The molecule has 0 amide bonds. The van der Waals surface area contributed by atoms with Crippen molar-refractivity contribution in [2.24, 2.45) is 0 Å². The molecule has 0 heterocycles.